The predicted octanol–water partition coefficient (Wildman–Crippen LogP) is 4.31. The van der Waals surface area contributed by atoms with E-state index in [1.165, 1.54) is 0 Å². The first kappa shape index (κ1) is 24.1. The lowest BCUT2D eigenvalue weighted by Crippen LogP contribution is -2.46. The molecule has 2 N–H and O–H groups in total. The molecule has 36 heavy (non-hydrogen) atoms. The van der Waals surface area contributed by atoms with Crippen LogP contribution in [-0.4, -0.2) is 58.7 Å². The Morgan fingerprint density at radius 1 is 1.03 bits per heavy atom. The van der Waals surface area contributed by atoms with E-state index in [2.05, 4.69) is 29.6 Å². The van der Waals surface area contributed by atoms with E-state index in [9.17, 15) is 19.5 Å². The number of nitrogens with one attached hydrogen (secondary N) is 1. The van der Waals surface area contributed by atoms with Crippen LogP contribution in [0.5, 0.6) is 0 Å². The van der Waals surface area contributed by atoms with E-state index in [0.717, 1.165) is 27.3 Å². The fourth-order valence-corrected chi connectivity index (χ4v) is 5.54. The molecule has 5 rings (SSSR count). The summed E-state index contributed by atoms with van der Waals surface area (Å²) >= 11 is 0. The molecule has 4 atom stereocenters. The molecule has 2 aromatic carbocycles. The van der Waals surface area contributed by atoms with Crippen molar-refractivity contribution in [1.82, 2.24) is 10.4 Å². The van der Waals surface area contributed by atoms with E-state index < -0.39 is 41.8 Å². The molecule has 190 valence electrons. The minimum atomic E-state index is -1.18. The van der Waals surface area contributed by atoms with E-state index in [0.29, 0.717) is 12.8 Å². The zero-order valence-electron chi connectivity index (χ0n) is 20.5. The van der Waals surface area contributed by atoms with Gasteiger partial charge in [0.1, 0.15) is 12.2 Å². The second kappa shape index (κ2) is 9.13. The van der Waals surface area contributed by atoms with Crippen LogP contribution in [0.3, 0.4) is 0 Å². The van der Waals surface area contributed by atoms with Gasteiger partial charge in [-0.1, -0.05) is 48.5 Å². The van der Waals surface area contributed by atoms with Gasteiger partial charge in [0, 0.05) is 17.9 Å². The van der Waals surface area contributed by atoms with E-state index in [1.54, 1.807) is 20.8 Å². The van der Waals surface area contributed by atoms with Crippen molar-refractivity contribution in [2.75, 3.05) is 6.61 Å². The van der Waals surface area contributed by atoms with Gasteiger partial charge in [-0.25, -0.2) is 14.4 Å². The molecule has 2 amide bonds. The summed E-state index contributed by atoms with van der Waals surface area (Å²) < 4.78 is 10.9. The van der Waals surface area contributed by atoms with Gasteiger partial charge in [0.2, 0.25) is 0 Å². The Kier molecular flexibility index (Phi) is 6.12. The van der Waals surface area contributed by atoms with Crippen molar-refractivity contribution in [1.29, 1.82) is 0 Å². The Balaban J connectivity index is 1.19. The molecule has 9 heteroatoms. The third kappa shape index (κ3) is 4.51. The number of carbonyl (C=O) groups is 3. The molecular formula is C27H30N2O7. The van der Waals surface area contributed by atoms with Crippen molar-refractivity contribution in [2.24, 2.45) is 5.92 Å². The lowest BCUT2D eigenvalue weighted by molar-refractivity contribution is -0.170. The first-order valence-corrected chi connectivity index (χ1v) is 12.2. The van der Waals surface area contributed by atoms with E-state index in [-0.39, 0.29) is 18.6 Å². The Morgan fingerprint density at radius 3 is 2.22 bits per heavy atom. The summed E-state index contributed by atoms with van der Waals surface area (Å²) in [5.74, 6) is -1.68. The van der Waals surface area contributed by atoms with Crippen LogP contribution in [0.1, 0.15) is 50.7 Å². The van der Waals surface area contributed by atoms with E-state index >= 15 is 0 Å². The molecule has 0 spiro atoms. The fraction of sp³-hybridized carbons (Fsp3) is 0.444. The SMILES string of the molecule is CC(C)(C)OC(=O)N1OC2CC(NC(=O)OCC3c4ccccc4-c4ccccc43)CC2C1C(=O)O. The summed E-state index contributed by atoms with van der Waals surface area (Å²) in [6.07, 6.45) is -1.18. The number of fused-ring (bicyclic) bond motifs is 4. The van der Waals surface area contributed by atoms with Crippen LogP contribution in [0.25, 0.3) is 11.1 Å². The molecule has 2 aliphatic carbocycles. The highest BCUT2D eigenvalue weighted by Gasteiger charge is 2.55. The second-order valence-electron chi connectivity index (χ2n) is 10.5. The van der Waals surface area contributed by atoms with Crippen LogP contribution < -0.4 is 5.32 Å². The number of alkyl carbamates (subject to hydrolysis) is 1. The maximum atomic E-state index is 12.7. The summed E-state index contributed by atoms with van der Waals surface area (Å²) in [5, 5.41) is 13.4. The summed E-state index contributed by atoms with van der Waals surface area (Å²) in [7, 11) is 0. The molecule has 3 aliphatic rings. The first-order chi connectivity index (χ1) is 17.1. The normalized spacial score (nSPS) is 24.6. The molecular weight excluding hydrogens is 464 g/mol. The lowest BCUT2D eigenvalue weighted by Gasteiger charge is -2.27. The zero-order valence-corrected chi connectivity index (χ0v) is 20.5. The average Bonchev–Trinajstić information content (AvgIpc) is 3.45. The molecule has 0 aromatic heterocycles. The lowest BCUT2D eigenvalue weighted by atomic mass is 9.97. The van der Waals surface area contributed by atoms with Crippen molar-refractivity contribution in [3.8, 4) is 11.1 Å². The summed E-state index contributed by atoms with van der Waals surface area (Å²) in [4.78, 5) is 42.8. The van der Waals surface area contributed by atoms with Crippen LogP contribution in [0, 0.1) is 5.92 Å². The molecule has 1 aliphatic heterocycles. The number of ether oxygens (including phenoxy) is 2. The minimum absolute atomic E-state index is 0.0479. The second-order valence-corrected chi connectivity index (χ2v) is 10.5. The van der Waals surface area contributed by atoms with Crippen LogP contribution in [0.2, 0.25) is 0 Å². The van der Waals surface area contributed by atoms with Crippen molar-refractivity contribution in [3.63, 3.8) is 0 Å². The van der Waals surface area contributed by atoms with E-state index in [4.69, 9.17) is 14.3 Å². The number of hydrogen-bond acceptors (Lipinski definition) is 6. The Labute approximate surface area is 209 Å². The number of amides is 2. The third-order valence-corrected chi connectivity index (χ3v) is 6.95. The maximum absolute atomic E-state index is 12.7. The average molecular weight is 495 g/mol. The number of hydroxylamine groups is 2. The number of carboxylic acids is 1. The van der Waals surface area contributed by atoms with Crippen LogP contribution in [0.4, 0.5) is 9.59 Å². The monoisotopic (exact) mass is 494 g/mol. The molecule has 0 radical (unpaired) electrons. The number of benzene rings is 2. The zero-order chi connectivity index (χ0) is 25.6. The summed E-state index contributed by atoms with van der Waals surface area (Å²) in [6.45, 7) is 5.30. The topological polar surface area (TPSA) is 114 Å². The van der Waals surface area contributed by atoms with Gasteiger partial charge in [-0.2, -0.15) is 5.06 Å². The Hall–Kier alpha value is -3.59. The first-order valence-electron chi connectivity index (χ1n) is 12.2. The highest BCUT2D eigenvalue weighted by molar-refractivity contribution is 5.81. The number of hydrogen-bond donors (Lipinski definition) is 2. The highest BCUT2D eigenvalue weighted by atomic mass is 16.7. The van der Waals surface area contributed by atoms with Gasteiger partial charge in [-0.15, -0.1) is 0 Å². The van der Waals surface area contributed by atoms with Crippen LogP contribution in [-0.2, 0) is 19.1 Å². The molecule has 9 nitrogen and oxygen atoms in total. The number of carboxylic acid groups (broad SMARTS) is 1. The smallest absolute Gasteiger partial charge is 0.435 e. The number of aliphatic carboxylic acids is 1. The number of nitrogens with zero attached hydrogens (tertiary/aromatic N) is 1. The third-order valence-electron chi connectivity index (χ3n) is 6.95. The molecule has 0 bridgehead atoms. The molecule has 1 heterocycles. The molecule has 1 saturated heterocycles. The van der Waals surface area contributed by atoms with Gasteiger partial charge in [0.25, 0.3) is 0 Å². The fourth-order valence-electron chi connectivity index (χ4n) is 5.54. The van der Waals surface area contributed by atoms with Crippen molar-refractivity contribution < 1.29 is 33.8 Å². The van der Waals surface area contributed by atoms with Gasteiger partial charge >= 0.3 is 18.2 Å². The molecule has 4 unspecified atom stereocenters. The minimum Gasteiger partial charge on any atom is -0.480 e. The van der Waals surface area contributed by atoms with Gasteiger partial charge in [-0.05, 0) is 55.9 Å². The standard InChI is InChI=1S/C27H30N2O7/c1-27(2,3)35-26(33)29-23(24(30)31)20-12-15(13-22(20)36-29)28-25(32)34-14-21-18-10-6-4-8-16(18)17-9-5-7-11-19(17)21/h4-11,15,20-23H,12-14H2,1-3H3,(H,28,32)(H,30,31). The van der Waals surface area contributed by atoms with Gasteiger partial charge in [-0.3, -0.25) is 4.84 Å². The number of rotatable bonds is 4. The molecule has 1 saturated carbocycles. The maximum Gasteiger partial charge on any atom is 0.435 e. The Morgan fingerprint density at radius 2 is 1.64 bits per heavy atom. The Bertz CT molecular complexity index is 1150. The van der Waals surface area contributed by atoms with Crippen molar-refractivity contribution in [2.45, 2.75) is 63.3 Å². The quantitative estimate of drug-likeness (QED) is 0.651. The summed E-state index contributed by atoms with van der Waals surface area (Å²) in [6, 6.07) is 14.7. The summed E-state index contributed by atoms with van der Waals surface area (Å²) in [5.41, 5.74) is 3.77. The van der Waals surface area contributed by atoms with Crippen LogP contribution >= 0.6 is 0 Å². The van der Waals surface area contributed by atoms with Crippen LogP contribution in [0.15, 0.2) is 48.5 Å². The van der Waals surface area contributed by atoms with E-state index in [1.807, 2.05) is 24.3 Å². The predicted molar refractivity (Wildman–Crippen MR) is 129 cm³/mol. The van der Waals surface area contributed by atoms with Gasteiger partial charge in [0.15, 0.2) is 6.04 Å². The van der Waals surface area contributed by atoms with Crippen molar-refractivity contribution >= 4 is 18.2 Å². The van der Waals surface area contributed by atoms with Crippen molar-refractivity contribution in [3.05, 3.63) is 59.7 Å². The highest BCUT2D eigenvalue weighted by Crippen LogP contribution is 2.45. The van der Waals surface area contributed by atoms with Gasteiger partial charge in [0.05, 0.1) is 6.10 Å². The molecule has 2 aromatic rings. The molecule has 2 fully saturated rings. The number of carbonyl (C=O) groups excluding carboxylic acids is 2. The largest absolute Gasteiger partial charge is 0.480 e. The van der Waals surface area contributed by atoms with Gasteiger partial charge < -0.3 is 19.9 Å².